The Morgan fingerprint density at radius 1 is 1.12 bits per heavy atom. The van der Waals surface area contributed by atoms with E-state index in [0.29, 0.717) is 12.8 Å². The van der Waals surface area contributed by atoms with Crippen molar-refractivity contribution in [2.75, 3.05) is 5.73 Å². The highest BCUT2D eigenvalue weighted by molar-refractivity contribution is 5.40. The lowest BCUT2D eigenvalue weighted by Gasteiger charge is -2.20. The fraction of sp³-hybridized carbons (Fsp3) is 0.538. The van der Waals surface area contributed by atoms with Crippen LogP contribution in [0.2, 0.25) is 0 Å². The molecule has 3 unspecified atom stereocenters. The number of rotatable bonds is 5. The molecule has 0 aliphatic carbocycles. The van der Waals surface area contributed by atoms with Crippen LogP contribution in [0.4, 0.5) is 5.69 Å². The van der Waals surface area contributed by atoms with Crippen LogP contribution in [0.5, 0.6) is 0 Å². The molecule has 90 valence electrons. The van der Waals surface area contributed by atoms with Crippen LogP contribution < -0.4 is 5.73 Å². The molecule has 4 N–H and O–H groups in total. The SMILES string of the molecule is CCC(O)C(O)CC(C)c1ccc(N)cc1. The minimum absolute atomic E-state index is 0.219. The Hall–Kier alpha value is -1.06. The highest BCUT2D eigenvalue weighted by Gasteiger charge is 2.18. The summed E-state index contributed by atoms with van der Waals surface area (Å²) >= 11 is 0. The van der Waals surface area contributed by atoms with Crippen LogP contribution in [0.15, 0.2) is 24.3 Å². The Labute approximate surface area is 96.9 Å². The average Bonchev–Trinajstić information content (AvgIpc) is 2.28. The van der Waals surface area contributed by atoms with Gasteiger partial charge in [-0.2, -0.15) is 0 Å². The van der Waals surface area contributed by atoms with Gasteiger partial charge in [0.2, 0.25) is 0 Å². The summed E-state index contributed by atoms with van der Waals surface area (Å²) in [4.78, 5) is 0. The molecule has 16 heavy (non-hydrogen) atoms. The first-order valence-electron chi connectivity index (χ1n) is 5.76. The minimum Gasteiger partial charge on any atom is -0.399 e. The Morgan fingerprint density at radius 3 is 2.19 bits per heavy atom. The first-order valence-corrected chi connectivity index (χ1v) is 5.76. The molecule has 0 bridgehead atoms. The van der Waals surface area contributed by atoms with Gasteiger partial charge in [-0.1, -0.05) is 26.0 Å². The predicted molar refractivity (Wildman–Crippen MR) is 66.2 cm³/mol. The maximum atomic E-state index is 9.73. The number of aliphatic hydroxyl groups excluding tert-OH is 2. The normalized spacial score (nSPS) is 16.8. The fourth-order valence-corrected chi connectivity index (χ4v) is 1.75. The van der Waals surface area contributed by atoms with E-state index in [1.54, 1.807) is 0 Å². The molecule has 0 aliphatic rings. The van der Waals surface area contributed by atoms with Crippen molar-refractivity contribution in [1.82, 2.24) is 0 Å². The zero-order valence-corrected chi connectivity index (χ0v) is 9.93. The third-order valence-corrected chi connectivity index (χ3v) is 2.96. The summed E-state index contributed by atoms with van der Waals surface area (Å²) in [7, 11) is 0. The first kappa shape index (κ1) is 13.0. The molecule has 3 heteroatoms. The van der Waals surface area contributed by atoms with Gasteiger partial charge in [0.25, 0.3) is 0 Å². The van der Waals surface area contributed by atoms with Crippen molar-refractivity contribution in [2.45, 2.75) is 44.8 Å². The second kappa shape index (κ2) is 5.87. The molecule has 1 aromatic rings. The maximum Gasteiger partial charge on any atom is 0.0804 e. The van der Waals surface area contributed by atoms with Crippen LogP contribution in [0, 0.1) is 0 Å². The van der Waals surface area contributed by atoms with Crippen LogP contribution in [0.25, 0.3) is 0 Å². The van der Waals surface area contributed by atoms with Crippen molar-refractivity contribution in [2.24, 2.45) is 0 Å². The summed E-state index contributed by atoms with van der Waals surface area (Å²) in [6, 6.07) is 7.64. The van der Waals surface area contributed by atoms with E-state index in [1.165, 1.54) is 0 Å². The van der Waals surface area contributed by atoms with E-state index in [-0.39, 0.29) is 5.92 Å². The van der Waals surface area contributed by atoms with Crippen LogP contribution in [0.3, 0.4) is 0 Å². The Kier molecular flexibility index (Phi) is 4.77. The molecular formula is C13H21NO2. The number of hydrogen-bond donors (Lipinski definition) is 3. The van der Waals surface area contributed by atoms with Crippen molar-refractivity contribution in [3.05, 3.63) is 29.8 Å². The van der Waals surface area contributed by atoms with E-state index < -0.39 is 12.2 Å². The lowest BCUT2D eigenvalue weighted by atomic mass is 9.92. The first-order chi connectivity index (χ1) is 7.54. The summed E-state index contributed by atoms with van der Waals surface area (Å²) in [5, 5.41) is 19.2. The quantitative estimate of drug-likeness (QED) is 0.668. The molecule has 0 aromatic heterocycles. The smallest absolute Gasteiger partial charge is 0.0804 e. The van der Waals surface area contributed by atoms with E-state index >= 15 is 0 Å². The summed E-state index contributed by atoms with van der Waals surface area (Å²) in [5.74, 6) is 0.219. The van der Waals surface area contributed by atoms with Crippen molar-refractivity contribution in [3.63, 3.8) is 0 Å². The Balaban J connectivity index is 2.58. The number of hydrogen-bond acceptors (Lipinski definition) is 3. The zero-order valence-electron chi connectivity index (χ0n) is 9.93. The topological polar surface area (TPSA) is 66.5 Å². The largest absolute Gasteiger partial charge is 0.399 e. The predicted octanol–water partition coefficient (Wildman–Crippen LogP) is 1.89. The number of nitrogens with two attached hydrogens (primary N) is 1. The van der Waals surface area contributed by atoms with Gasteiger partial charge in [0.1, 0.15) is 0 Å². The van der Waals surface area contributed by atoms with E-state index in [0.717, 1.165) is 11.3 Å². The number of benzene rings is 1. The van der Waals surface area contributed by atoms with Gasteiger partial charge in [0.15, 0.2) is 0 Å². The van der Waals surface area contributed by atoms with Crippen molar-refractivity contribution < 1.29 is 10.2 Å². The fourth-order valence-electron chi connectivity index (χ4n) is 1.75. The van der Waals surface area contributed by atoms with Gasteiger partial charge in [-0.15, -0.1) is 0 Å². The molecule has 0 spiro atoms. The van der Waals surface area contributed by atoms with Crippen LogP contribution in [-0.4, -0.2) is 22.4 Å². The molecule has 0 aliphatic heterocycles. The highest BCUT2D eigenvalue weighted by atomic mass is 16.3. The number of nitrogen functional groups attached to an aromatic ring is 1. The molecule has 0 radical (unpaired) electrons. The van der Waals surface area contributed by atoms with E-state index in [1.807, 2.05) is 38.1 Å². The van der Waals surface area contributed by atoms with Gasteiger partial charge in [0, 0.05) is 5.69 Å². The molecule has 1 rings (SSSR count). The molecule has 3 atom stereocenters. The summed E-state index contributed by atoms with van der Waals surface area (Å²) in [5.41, 5.74) is 7.48. The second-order valence-corrected chi connectivity index (χ2v) is 4.35. The lowest BCUT2D eigenvalue weighted by molar-refractivity contribution is 0.00953. The lowest BCUT2D eigenvalue weighted by Crippen LogP contribution is -2.26. The zero-order chi connectivity index (χ0) is 12.1. The molecule has 0 saturated heterocycles. The van der Waals surface area contributed by atoms with Gasteiger partial charge < -0.3 is 15.9 Å². The summed E-state index contributed by atoms with van der Waals surface area (Å²) < 4.78 is 0. The highest BCUT2D eigenvalue weighted by Crippen LogP contribution is 2.23. The van der Waals surface area contributed by atoms with Crippen molar-refractivity contribution >= 4 is 5.69 Å². The third kappa shape index (κ3) is 3.51. The van der Waals surface area contributed by atoms with Gasteiger partial charge in [-0.3, -0.25) is 0 Å². The molecule has 0 fully saturated rings. The maximum absolute atomic E-state index is 9.73. The average molecular weight is 223 g/mol. The van der Waals surface area contributed by atoms with E-state index in [9.17, 15) is 10.2 Å². The van der Waals surface area contributed by atoms with Crippen LogP contribution in [-0.2, 0) is 0 Å². The van der Waals surface area contributed by atoms with Gasteiger partial charge in [0.05, 0.1) is 12.2 Å². The standard InChI is InChI=1S/C13H21NO2/c1-3-12(15)13(16)8-9(2)10-4-6-11(14)7-5-10/h4-7,9,12-13,15-16H,3,8,14H2,1-2H3. The monoisotopic (exact) mass is 223 g/mol. The van der Waals surface area contributed by atoms with Crippen molar-refractivity contribution in [3.8, 4) is 0 Å². The minimum atomic E-state index is -0.655. The molecular weight excluding hydrogens is 202 g/mol. The Morgan fingerprint density at radius 2 is 1.69 bits per heavy atom. The van der Waals surface area contributed by atoms with Gasteiger partial charge in [-0.25, -0.2) is 0 Å². The Bertz CT molecular complexity index is 310. The van der Waals surface area contributed by atoms with Crippen LogP contribution >= 0.6 is 0 Å². The summed E-state index contributed by atoms with van der Waals surface area (Å²) in [6.07, 6.45) is -0.136. The van der Waals surface area contributed by atoms with E-state index in [2.05, 4.69) is 0 Å². The number of anilines is 1. The molecule has 0 saturated carbocycles. The number of aliphatic hydroxyl groups is 2. The van der Waals surface area contributed by atoms with Gasteiger partial charge >= 0.3 is 0 Å². The van der Waals surface area contributed by atoms with Crippen molar-refractivity contribution in [1.29, 1.82) is 0 Å². The third-order valence-electron chi connectivity index (χ3n) is 2.96. The molecule has 0 heterocycles. The van der Waals surface area contributed by atoms with Gasteiger partial charge in [-0.05, 0) is 36.5 Å². The molecule has 0 amide bonds. The summed E-state index contributed by atoms with van der Waals surface area (Å²) in [6.45, 7) is 3.90. The van der Waals surface area contributed by atoms with Crippen LogP contribution in [0.1, 0.15) is 38.2 Å². The molecule has 1 aromatic carbocycles. The second-order valence-electron chi connectivity index (χ2n) is 4.35. The van der Waals surface area contributed by atoms with E-state index in [4.69, 9.17) is 5.73 Å². The molecule has 3 nitrogen and oxygen atoms in total.